The van der Waals surface area contributed by atoms with Crippen molar-refractivity contribution in [1.82, 2.24) is 10.6 Å². The third-order valence-electron chi connectivity index (χ3n) is 3.65. The smallest absolute Gasteiger partial charge is 0.191 e. The Hall–Kier alpha value is -1.80. The largest absolute Gasteiger partial charge is 0.491 e. The van der Waals surface area contributed by atoms with Crippen LogP contribution in [0.2, 0.25) is 0 Å². The zero-order valence-electron chi connectivity index (χ0n) is 15.6. The average Bonchev–Trinajstić information content (AvgIpc) is 2.65. The van der Waals surface area contributed by atoms with Crippen LogP contribution in [0.3, 0.4) is 0 Å². The Bertz CT molecular complexity index is 665. The Kier molecular flexibility index (Phi) is 10.7. The highest BCUT2D eigenvalue weighted by Crippen LogP contribution is 2.29. The Labute approximate surface area is 173 Å². The van der Waals surface area contributed by atoms with E-state index >= 15 is 0 Å². The minimum absolute atomic E-state index is 0. The molecule has 2 aromatic carbocycles. The summed E-state index contributed by atoms with van der Waals surface area (Å²) in [5, 5.41) is 6.51. The third kappa shape index (κ3) is 7.21. The quantitative estimate of drug-likeness (QED) is 0.269. The predicted molar refractivity (Wildman–Crippen MR) is 119 cm³/mol. The molecule has 2 N–H and O–H groups in total. The molecule has 142 valence electrons. The normalized spacial score (nSPS) is 12.0. The SMILES string of the molecule is CN=C(NCCOc1ccccc1-c1ccccc1)NC(C)COC.I. The van der Waals surface area contributed by atoms with Gasteiger partial charge in [0.1, 0.15) is 12.4 Å². The van der Waals surface area contributed by atoms with E-state index in [-0.39, 0.29) is 30.0 Å². The fourth-order valence-electron chi connectivity index (χ4n) is 2.50. The molecular formula is C20H28IN3O2. The molecule has 5 nitrogen and oxygen atoms in total. The molecule has 0 spiro atoms. The van der Waals surface area contributed by atoms with Crippen LogP contribution in [0, 0.1) is 0 Å². The number of nitrogens with zero attached hydrogens (tertiary/aromatic N) is 1. The Morgan fingerprint density at radius 3 is 2.46 bits per heavy atom. The first-order valence-electron chi connectivity index (χ1n) is 8.48. The van der Waals surface area contributed by atoms with E-state index < -0.39 is 0 Å². The summed E-state index contributed by atoms with van der Waals surface area (Å²) in [6.45, 7) is 3.87. The lowest BCUT2D eigenvalue weighted by molar-refractivity contribution is 0.179. The number of guanidine groups is 1. The summed E-state index contributed by atoms with van der Waals surface area (Å²) in [5.74, 6) is 1.62. The molecule has 0 bridgehead atoms. The van der Waals surface area contributed by atoms with Gasteiger partial charge in [-0.25, -0.2) is 0 Å². The minimum atomic E-state index is 0. The third-order valence-corrected chi connectivity index (χ3v) is 3.65. The van der Waals surface area contributed by atoms with E-state index in [0.717, 1.165) is 22.8 Å². The van der Waals surface area contributed by atoms with Crippen LogP contribution >= 0.6 is 24.0 Å². The molecule has 0 fully saturated rings. The summed E-state index contributed by atoms with van der Waals surface area (Å²) < 4.78 is 11.1. The van der Waals surface area contributed by atoms with Crippen molar-refractivity contribution in [3.63, 3.8) is 0 Å². The van der Waals surface area contributed by atoms with Crippen LogP contribution in [0.25, 0.3) is 11.1 Å². The van der Waals surface area contributed by atoms with Gasteiger partial charge in [-0.15, -0.1) is 24.0 Å². The van der Waals surface area contributed by atoms with E-state index in [1.807, 2.05) is 43.3 Å². The number of benzene rings is 2. The molecule has 1 unspecified atom stereocenters. The number of methoxy groups -OCH3 is 1. The molecule has 0 saturated heterocycles. The van der Waals surface area contributed by atoms with E-state index in [0.29, 0.717) is 19.8 Å². The molecule has 0 heterocycles. The Balaban J connectivity index is 0.00000338. The molecule has 26 heavy (non-hydrogen) atoms. The molecule has 2 rings (SSSR count). The second kappa shape index (κ2) is 12.5. The maximum Gasteiger partial charge on any atom is 0.191 e. The van der Waals surface area contributed by atoms with Gasteiger partial charge in [-0.2, -0.15) is 0 Å². The molecule has 0 amide bonds. The van der Waals surface area contributed by atoms with Gasteiger partial charge in [0.05, 0.1) is 13.2 Å². The Morgan fingerprint density at radius 2 is 1.77 bits per heavy atom. The number of rotatable bonds is 8. The number of hydrogen-bond donors (Lipinski definition) is 2. The molecule has 0 radical (unpaired) electrons. The number of aliphatic imine (C=N–C) groups is 1. The van der Waals surface area contributed by atoms with Crippen molar-refractivity contribution in [2.45, 2.75) is 13.0 Å². The molecule has 0 aliphatic rings. The van der Waals surface area contributed by atoms with E-state index in [2.05, 4.69) is 33.8 Å². The minimum Gasteiger partial charge on any atom is -0.491 e. The van der Waals surface area contributed by atoms with Crippen molar-refractivity contribution in [2.75, 3.05) is 33.9 Å². The van der Waals surface area contributed by atoms with Crippen LogP contribution in [0.1, 0.15) is 6.92 Å². The maximum absolute atomic E-state index is 5.97. The first-order chi connectivity index (χ1) is 12.2. The molecule has 0 aromatic heterocycles. The summed E-state index contributed by atoms with van der Waals surface area (Å²) in [4.78, 5) is 4.20. The number of ether oxygens (including phenoxy) is 2. The zero-order chi connectivity index (χ0) is 17.9. The lowest BCUT2D eigenvalue weighted by atomic mass is 10.1. The predicted octanol–water partition coefficient (Wildman–Crippen LogP) is 3.55. The van der Waals surface area contributed by atoms with Crippen molar-refractivity contribution in [1.29, 1.82) is 0 Å². The molecule has 0 aliphatic heterocycles. The van der Waals surface area contributed by atoms with Crippen LogP contribution in [-0.4, -0.2) is 45.9 Å². The monoisotopic (exact) mass is 469 g/mol. The first kappa shape index (κ1) is 22.2. The van der Waals surface area contributed by atoms with Gasteiger partial charge in [0, 0.05) is 25.8 Å². The number of hydrogen-bond acceptors (Lipinski definition) is 3. The first-order valence-corrected chi connectivity index (χ1v) is 8.48. The number of nitrogens with one attached hydrogen (secondary N) is 2. The maximum atomic E-state index is 5.97. The average molecular weight is 469 g/mol. The molecule has 0 aliphatic carbocycles. The van der Waals surface area contributed by atoms with Gasteiger partial charge < -0.3 is 20.1 Å². The standard InChI is InChI=1S/C20H27N3O2.HI/c1-16(15-24-3)23-20(21-2)22-13-14-25-19-12-8-7-11-18(19)17-9-5-4-6-10-17;/h4-12,16H,13-15H2,1-3H3,(H2,21,22,23);1H. The van der Waals surface area contributed by atoms with Crippen molar-refractivity contribution in [2.24, 2.45) is 4.99 Å². The highest BCUT2D eigenvalue weighted by Gasteiger charge is 2.06. The number of para-hydroxylation sites is 1. The van der Waals surface area contributed by atoms with Crippen molar-refractivity contribution in [3.8, 4) is 16.9 Å². The van der Waals surface area contributed by atoms with E-state index in [9.17, 15) is 0 Å². The fourth-order valence-corrected chi connectivity index (χ4v) is 2.50. The van der Waals surface area contributed by atoms with Crippen LogP contribution in [-0.2, 0) is 4.74 Å². The lowest BCUT2D eigenvalue weighted by Crippen LogP contribution is -2.45. The van der Waals surface area contributed by atoms with Gasteiger partial charge in [-0.05, 0) is 18.6 Å². The summed E-state index contributed by atoms with van der Waals surface area (Å²) in [6, 6.07) is 18.5. The molecule has 6 heteroatoms. The van der Waals surface area contributed by atoms with Crippen LogP contribution in [0.5, 0.6) is 5.75 Å². The highest BCUT2D eigenvalue weighted by atomic mass is 127. The molecular weight excluding hydrogens is 441 g/mol. The molecule has 2 aromatic rings. The van der Waals surface area contributed by atoms with Gasteiger partial charge in [0.2, 0.25) is 0 Å². The summed E-state index contributed by atoms with van der Waals surface area (Å²) in [6.07, 6.45) is 0. The summed E-state index contributed by atoms with van der Waals surface area (Å²) >= 11 is 0. The van der Waals surface area contributed by atoms with Crippen LogP contribution in [0.4, 0.5) is 0 Å². The van der Waals surface area contributed by atoms with E-state index in [1.165, 1.54) is 0 Å². The van der Waals surface area contributed by atoms with E-state index in [1.54, 1.807) is 14.2 Å². The van der Waals surface area contributed by atoms with Crippen molar-refractivity contribution in [3.05, 3.63) is 54.6 Å². The fraction of sp³-hybridized carbons (Fsp3) is 0.350. The van der Waals surface area contributed by atoms with Gasteiger partial charge in [-0.1, -0.05) is 48.5 Å². The molecule has 1 atom stereocenters. The Morgan fingerprint density at radius 1 is 1.08 bits per heavy atom. The van der Waals surface area contributed by atoms with Gasteiger partial charge in [0.25, 0.3) is 0 Å². The molecule has 0 saturated carbocycles. The number of halogens is 1. The second-order valence-electron chi connectivity index (χ2n) is 5.71. The second-order valence-corrected chi connectivity index (χ2v) is 5.71. The van der Waals surface area contributed by atoms with Crippen molar-refractivity contribution >= 4 is 29.9 Å². The van der Waals surface area contributed by atoms with Gasteiger partial charge in [0.15, 0.2) is 5.96 Å². The summed E-state index contributed by atoms with van der Waals surface area (Å²) in [7, 11) is 3.44. The van der Waals surface area contributed by atoms with Gasteiger partial charge in [-0.3, -0.25) is 4.99 Å². The lowest BCUT2D eigenvalue weighted by Gasteiger charge is -2.17. The van der Waals surface area contributed by atoms with Crippen LogP contribution in [0.15, 0.2) is 59.6 Å². The van der Waals surface area contributed by atoms with Crippen molar-refractivity contribution < 1.29 is 9.47 Å². The summed E-state index contributed by atoms with van der Waals surface area (Å²) in [5.41, 5.74) is 2.25. The zero-order valence-corrected chi connectivity index (χ0v) is 17.9. The van der Waals surface area contributed by atoms with Gasteiger partial charge >= 0.3 is 0 Å². The topological polar surface area (TPSA) is 54.9 Å². The van der Waals surface area contributed by atoms with Crippen LogP contribution < -0.4 is 15.4 Å². The highest BCUT2D eigenvalue weighted by molar-refractivity contribution is 14.0. The van der Waals surface area contributed by atoms with E-state index in [4.69, 9.17) is 9.47 Å².